The first-order valence-corrected chi connectivity index (χ1v) is 7.69. The Morgan fingerprint density at radius 1 is 1.05 bits per heavy atom. The second kappa shape index (κ2) is 6.47. The second-order valence-electron chi connectivity index (χ2n) is 5.51. The first-order valence-electron chi connectivity index (χ1n) is 7.28. The Morgan fingerprint density at radius 3 is 2.52 bits per heavy atom. The average Bonchev–Trinajstić information content (AvgIpc) is 2.49. The smallest absolute Gasteiger partial charge is 0.0870 e. The van der Waals surface area contributed by atoms with E-state index in [4.69, 9.17) is 22.9 Å². The third kappa shape index (κ3) is 3.75. The summed E-state index contributed by atoms with van der Waals surface area (Å²) >= 11 is 4.97. The highest BCUT2D eigenvalue weighted by atomic mass is 32.1. The number of pyridine rings is 1. The highest BCUT2D eigenvalue weighted by molar-refractivity contribution is 7.80. The summed E-state index contributed by atoms with van der Waals surface area (Å²) in [6.45, 7) is 5.76. The minimum atomic E-state index is 0.583. The zero-order valence-corrected chi connectivity index (χ0v) is 12.9. The highest BCUT2D eigenvalue weighted by Crippen LogP contribution is 2.13. The molecule has 0 bridgehead atoms. The summed E-state index contributed by atoms with van der Waals surface area (Å²) in [6.07, 6.45) is 0. The number of nitrogens with zero attached hydrogens (tertiary/aromatic N) is 3. The number of rotatable bonds is 4. The molecule has 0 spiro atoms. The molecular formula is C16H20N4S. The van der Waals surface area contributed by atoms with Gasteiger partial charge in [0.15, 0.2) is 0 Å². The van der Waals surface area contributed by atoms with Gasteiger partial charge in [-0.25, -0.2) is 0 Å². The van der Waals surface area contributed by atoms with E-state index in [2.05, 4.69) is 34.1 Å². The first kappa shape index (κ1) is 14.4. The van der Waals surface area contributed by atoms with Crippen LogP contribution in [0.15, 0.2) is 36.4 Å². The minimum Gasteiger partial charge on any atom is -0.392 e. The minimum absolute atomic E-state index is 0.583. The van der Waals surface area contributed by atoms with Crippen LogP contribution in [0, 0.1) is 0 Å². The van der Waals surface area contributed by atoms with Crippen LogP contribution < -0.4 is 5.73 Å². The third-order valence-electron chi connectivity index (χ3n) is 3.89. The van der Waals surface area contributed by atoms with Crippen molar-refractivity contribution >= 4 is 28.1 Å². The zero-order valence-electron chi connectivity index (χ0n) is 12.0. The lowest BCUT2D eigenvalue weighted by atomic mass is 10.2. The van der Waals surface area contributed by atoms with Gasteiger partial charge in [-0.05, 0) is 12.1 Å². The number of nitrogens with two attached hydrogens (primary N) is 1. The molecule has 5 heteroatoms. The summed E-state index contributed by atoms with van der Waals surface area (Å²) in [5.41, 5.74) is 7.81. The Balaban J connectivity index is 1.60. The fourth-order valence-corrected chi connectivity index (χ4v) is 2.93. The number of fused-ring (bicyclic) bond motifs is 1. The summed E-state index contributed by atoms with van der Waals surface area (Å²) in [7, 11) is 0. The van der Waals surface area contributed by atoms with Crippen molar-refractivity contribution in [1.82, 2.24) is 14.8 Å². The van der Waals surface area contributed by atoms with Crippen molar-refractivity contribution in [3.05, 3.63) is 42.1 Å². The molecule has 1 aliphatic heterocycles. The first-order chi connectivity index (χ1) is 10.2. The molecule has 1 aromatic heterocycles. The van der Waals surface area contributed by atoms with Crippen LogP contribution in [0.1, 0.15) is 5.69 Å². The molecule has 0 radical (unpaired) electrons. The molecule has 0 amide bonds. The van der Waals surface area contributed by atoms with Gasteiger partial charge in [0.2, 0.25) is 0 Å². The number of hydrogen-bond donors (Lipinski definition) is 1. The Hall–Kier alpha value is -1.56. The van der Waals surface area contributed by atoms with Gasteiger partial charge in [-0.2, -0.15) is 0 Å². The Morgan fingerprint density at radius 2 is 1.76 bits per heavy atom. The van der Waals surface area contributed by atoms with Crippen LogP contribution in [0.3, 0.4) is 0 Å². The maximum absolute atomic E-state index is 5.60. The van der Waals surface area contributed by atoms with Crippen LogP contribution in [-0.4, -0.2) is 52.5 Å². The van der Waals surface area contributed by atoms with Crippen molar-refractivity contribution in [2.45, 2.75) is 6.54 Å². The molecule has 0 unspecified atom stereocenters. The number of hydrogen-bond acceptors (Lipinski definition) is 4. The van der Waals surface area contributed by atoms with Crippen LogP contribution in [-0.2, 0) is 6.54 Å². The molecule has 1 aliphatic rings. The van der Waals surface area contributed by atoms with E-state index < -0.39 is 0 Å². The van der Waals surface area contributed by atoms with Crippen molar-refractivity contribution < 1.29 is 0 Å². The van der Waals surface area contributed by atoms with Crippen LogP contribution in [0.5, 0.6) is 0 Å². The molecular weight excluding hydrogens is 280 g/mol. The molecule has 21 heavy (non-hydrogen) atoms. The van der Waals surface area contributed by atoms with Gasteiger partial charge >= 0.3 is 0 Å². The van der Waals surface area contributed by atoms with Gasteiger partial charge in [-0.15, -0.1) is 0 Å². The van der Waals surface area contributed by atoms with E-state index >= 15 is 0 Å². The Labute approximate surface area is 130 Å². The number of para-hydroxylation sites is 1. The van der Waals surface area contributed by atoms with E-state index in [0.29, 0.717) is 4.99 Å². The number of thiocarbonyl (C=S) groups is 1. The number of aromatic nitrogens is 1. The summed E-state index contributed by atoms with van der Waals surface area (Å²) in [4.78, 5) is 10.1. The van der Waals surface area contributed by atoms with Gasteiger partial charge in [-0.3, -0.25) is 14.8 Å². The SMILES string of the molecule is NC(=S)CN1CCN(Cc2ccc3ccccc3n2)CC1. The average molecular weight is 300 g/mol. The molecule has 2 N–H and O–H groups in total. The molecule has 4 nitrogen and oxygen atoms in total. The van der Waals surface area contributed by atoms with Gasteiger partial charge in [0.05, 0.1) is 16.2 Å². The predicted molar refractivity (Wildman–Crippen MR) is 90.2 cm³/mol. The topological polar surface area (TPSA) is 45.4 Å². The van der Waals surface area contributed by atoms with Crippen molar-refractivity contribution in [1.29, 1.82) is 0 Å². The maximum atomic E-state index is 5.60. The standard InChI is InChI=1S/C16H20N4S/c17-16(21)12-20-9-7-19(8-10-20)11-14-6-5-13-3-1-2-4-15(13)18-14/h1-6H,7-12H2,(H2,17,21). The molecule has 2 heterocycles. The fraction of sp³-hybridized carbons (Fsp3) is 0.375. The predicted octanol–water partition coefficient (Wildman–Crippen LogP) is 1.64. The van der Waals surface area contributed by atoms with Crippen LogP contribution in [0.2, 0.25) is 0 Å². The molecule has 1 fully saturated rings. The largest absolute Gasteiger partial charge is 0.392 e. The van der Waals surface area contributed by atoms with E-state index in [9.17, 15) is 0 Å². The van der Waals surface area contributed by atoms with E-state index in [1.807, 2.05) is 12.1 Å². The molecule has 0 aliphatic carbocycles. The summed E-state index contributed by atoms with van der Waals surface area (Å²) in [5.74, 6) is 0. The van der Waals surface area contributed by atoms with Crippen LogP contribution in [0.4, 0.5) is 0 Å². The summed E-state index contributed by atoms with van der Waals surface area (Å²) < 4.78 is 0. The highest BCUT2D eigenvalue weighted by Gasteiger charge is 2.17. The van der Waals surface area contributed by atoms with Crippen molar-refractivity contribution in [3.8, 4) is 0 Å². The Kier molecular flexibility index (Phi) is 4.43. The molecule has 0 atom stereocenters. The molecule has 0 saturated carbocycles. The molecule has 110 valence electrons. The van der Waals surface area contributed by atoms with E-state index in [1.165, 1.54) is 5.39 Å². The third-order valence-corrected chi connectivity index (χ3v) is 4.02. The lowest BCUT2D eigenvalue weighted by molar-refractivity contribution is 0.139. The molecule has 1 saturated heterocycles. The summed E-state index contributed by atoms with van der Waals surface area (Å²) in [6, 6.07) is 12.5. The lowest BCUT2D eigenvalue weighted by Crippen LogP contribution is -2.48. The lowest BCUT2D eigenvalue weighted by Gasteiger charge is -2.34. The maximum Gasteiger partial charge on any atom is 0.0870 e. The Bertz CT molecular complexity index is 635. The van der Waals surface area contributed by atoms with Crippen LogP contribution >= 0.6 is 12.2 Å². The van der Waals surface area contributed by atoms with Gasteiger partial charge < -0.3 is 5.73 Å². The van der Waals surface area contributed by atoms with Crippen molar-refractivity contribution in [2.24, 2.45) is 5.73 Å². The van der Waals surface area contributed by atoms with Gasteiger partial charge in [0.1, 0.15) is 0 Å². The molecule has 1 aromatic carbocycles. The monoisotopic (exact) mass is 300 g/mol. The van der Waals surface area contributed by atoms with Crippen molar-refractivity contribution in [3.63, 3.8) is 0 Å². The van der Waals surface area contributed by atoms with Gasteiger partial charge in [-0.1, -0.05) is 36.5 Å². The number of piperazine rings is 1. The van der Waals surface area contributed by atoms with E-state index in [0.717, 1.165) is 50.5 Å². The summed E-state index contributed by atoms with van der Waals surface area (Å²) in [5, 5.41) is 1.20. The molecule has 3 rings (SSSR count). The van der Waals surface area contributed by atoms with E-state index in [1.54, 1.807) is 0 Å². The number of benzene rings is 1. The van der Waals surface area contributed by atoms with E-state index in [-0.39, 0.29) is 0 Å². The van der Waals surface area contributed by atoms with Crippen LogP contribution in [0.25, 0.3) is 10.9 Å². The van der Waals surface area contributed by atoms with Gasteiger partial charge in [0.25, 0.3) is 0 Å². The van der Waals surface area contributed by atoms with Gasteiger partial charge in [0, 0.05) is 44.7 Å². The molecule has 2 aromatic rings. The van der Waals surface area contributed by atoms with Crippen molar-refractivity contribution in [2.75, 3.05) is 32.7 Å². The normalized spacial score (nSPS) is 17.1. The fourth-order valence-electron chi connectivity index (χ4n) is 2.75. The quantitative estimate of drug-likeness (QED) is 0.870. The second-order valence-corrected chi connectivity index (χ2v) is 6.04. The zero-order chi connectivity index (χ0) is 14.7.